The Balaban J connectivity index is 1.53. The van der Waals surface area contributed by atoms with Crippen LogP contribution in [0.15, 0.2) is 64.2 Å². The van der Waals surface area contributed by atoms with Crippen LogP contribution in [0.1, 0.15) is 17.0 Å². The van der Waals surface area contributed by atoms with Crippen molar-refractivity contribution in [1.29, 1.82) is 0 Å². The lowest BCUT2D eigenvalue weighted by Gasteiger charge is -2.01. The fraction of sp³-hybridized carbons (Fsp3) is 0.176. The molecule has 1 aromatic heterocycles. The summed E-state index contributed by atoms with van der Waals surface area (Å²) < 4.78 is 11.2. The second kappa shape index (κ2) is 7.13. The van der Waals surface area contributed by atoms with Crippen molar-refractivity contribution in [1.82, 2.24) is 10.2 Å². The quantitative estimate of drug-likeness (QED) is 0.637. The molecule has 0 N–H and O–H groups in total. The fourth-order valence-electron chi connectivity index (χ4n) is 1.96. The Bertz CT molecular complexity index is 728. The normalized spacial score (nSPS) is 10.6. The van der Waals surface area contributed by atoms with E-state index in [1.807, 2.05) is 30.3 Å². The molecule has 112 valence electrons. The van der Waals surface area contributed by atoms with Crippen LogP contribution < -0.4 is 4.74 Å². The minimum absolute atomic E-state index is 0.280. The second-order valence-corrected chi connectivity index (χ2v) is 5.77. The first-order chi connectivity index (χ1) is 10.8. The van der Waals surface area contributed by atoms with E-state index < -0.39 is 0 Å². The van der Waals surface area contributed by atoms with Crippen molar-refractivity contribution in [2.24, 2.45) is 0 Å². The largest absolute Gasteiger partial charge is 0.484 e. The van der Waals surface area contributed by atoms with Gasteiger partial charge in [0, 0.05) is 5.75 Å². The van der Waals surface area contributed by atoms with E-state index in [0.29, 0.717) is 11.1 Å². The first kappa shape index (κ1) is 14.7. The third kappa shape index (κ3) is 4.11. The second-order valence-electron chi connectivity index (χ2n) is 4.84. The van der Waals surface area contributed by atoms with Gasteiger partial charge in [-0.15, -0.1) is 10.2 Å². The molecule has 0 radical (unpaired) electrons. The zero-order valence-electron chi connectivity index (χ0n) is 12.2. The van der Waals surface area contributed by atoms with E-state index in [1.54, 1.807) is 0 Å². The van der Waals surface area contributed by atoms with Crippen molar-refractivity contribution in [2.45, 2.75) is 24.5 Å². The molecular formula is C17H16N2O2S. The van der Waals surface area contributed by atoms with Gasteiger partial charge in [0.1, 0.15) is 5.75 Å². The summed E-state index contributed by atoms with van der Waals surface area (Å²) in [6.45, 7) is 2.36. The van der Waals surface area contributed by atoms with E-state index in [2.05, 4.69) is 41.4 Å². The van der Waals surface area contributed by atoms with Crippen LogP contribution in [0.4, 0.5) is 0 Å². The molecule has 2 aromatic carbocycles. The van der Waals surface area contributed by atoms with Crippen LogP contribution in [-0.2, 0) is 12.4 Å². The van der Waals surface area contributed by atoms with Crippen molar-refractivity contribution in [2.75, 3.05) is 0 Å². The average Bonchev–Trinajstić information content (AvgIpc) is 3.00. The summed E-state index contributed by atoms with van der Waals surface area (Å²) in [6.07, 6.45) is 0. The Morgan fingerprint density at radius 2 is 1.91 bits per heavy atom. The number of para-hydroxylation sites is 1. The number of aryl methyl sites for hydroxylation is 1. The van der Waals surface area contributed by atoms with Gasteiger partial charge in [0.2, 0.25) is 0 Å². The Labute approximate surface area is 133 Å². The first-order valence-corrected chi connectivity index (χ1v) is 7.97. The minimum atomic E-state index is 0.280. The summed E-state index contributed by atoms with van der Waals surface area (Å²) in [6, 6.07) is 18.0. The number of thioether (sulfide) groups is 1. The van der Waals surface area contributed by atoms with Crippen LogP contribution >= 0.6 is 11.8 Å². The molecule has 3 aromatic rings. The van der Waals surface area contributed by atoms with Crippen LogP contribution in [-0.4, -0.2) is 10.2 Å². The van der Waals surface area contributed by atoms with E-state index >= 15 is 0 Å². The lowest BCUT2D eigenvalue weighted by atomic mass is 10.2. The molecule has 0 spiro atoms. The standard InChI is InChI=1S/C17H16N2O2S/c1-13-6-5-7-14(10-13)12-22-17-19-18-16(21-17)11-20-15-8-3-2-4-9-15/h2-10H,11-12H2,1H3. The van der Waals surface area contributed by atoms with Gasteiger partial charge in [-0.1, -0.05) is 59.8 Å². The molecule has 4 nitrogen and oxygen atoms in total. The van der Waals surface area contributed by atoms with Crippen molar-refractivity contribution < 1.29 is 9.15 Å². The third-order valence-corrected chi connectivity index (χ3v) is 3.89. The van der Waals surface area contributed by atoms with Crippen molar-refractivity contribution in [3.05, 3.63) is 71.6 Å². The molecule has 3 rings (SSSR count). The van der Waals surface area contributed by atoms with Crippen LogP contribution in [0.2, 0.25) is 0 Å². The SMILES string of the molecule is Cc1cccc(CSc2nnc(COc3ccccc3)o2)c1. The third-order valence-electron chi connectivity index (χ3n) is 3.00. The van der Waals surface area contributed by atoms with Gasteiger partial charge in [0.15, 0.2) is 6.61 Å². The predicted molar refractivity (Wildman–Crippen MR) is 85.8 cm³/mol. The molecule has 0 saturated heterocycles. The molecule has 22 heavy (non-hydrogen) atoms. The maximum absolute atomic E-state index is 5.58. The maximum atomic E-state index is 5.58. The van der Waals surface area contributed by atoms with E-state index in [0.717, 1.165) is 11.5 Å². The van der Waals surface area contributed by atoms with Gasteiger partial charge >= 0.3 is 0 Å². The summed E-state index contributed by atoms with van der Waals surface area (Å²) in [5, 5.41) is 8.59. The summed E-state index contributed by atoms with van der Waals surface area (Å²) in [5.74, 6) is 2.08. The van der Waals surface area contributed by atoms with Crippen LogP contribution in [0, 0.1) is 6.92 Å². The van der Waals surface area contributed by atoms with Gasteiger partial charge in [0.05, 0.1) is 0 Å². The molecule has 0 saturated carbocycles. The monoisotopic (exact) mass is 312 g/mol. The van der Waals surface area contributed by atoms with Gasteiger partial charge in [-0.3, -0.25) is 0 Å². The van der Waals surface area contributed by atoms with Crippen molar-refractivity contribution >= 4 is 11.8 Å². The Kier molecular flexibility index (Phi) is 4.75. The van der Waals surface area contributed by atoms with E-state index in [9.17, 15) is 0 Å². The van der Waals surface area contributed by atoms with E-state index in [1.165, 1.54) is 22.9 Å². The maximum Gasteiger partial charge on any atom is 0.277 e. The molecule has 1 heterocycles. The van der Waals surface area contributed by atoms with Crippen LogP contribution in [0.3, 0.4) is 0 Å². The van der Waals surface area contributed by atoms with Gasteiger partial charge in [-0.2, -0.15) is 0 Å². The number of aromatic nitrogens is 2. The number of rotatable bonds is 6. The molecule has 0 aliphatic carbocycles. The predicted octanol–water partition coefficient (Wildman–Crippen LogP) is 4.25. The minimum Gasteiger partial charge on any atom is -0.484 e. The molecule has 0 aliphatic heterocycles. The highest BCUT2D eigenvalue weighted by Gasteiger charge is 2.08. The highest BCUT2D eigenvalue weighted by atomic mass is 32.2. The summed E-state index contributed by atoms with van der Waals surface area (Å²) in [4.78, 5) is 0. The van der Waals surface area contributed by atoms with Gasteiger partial charge in [-0.25, -0.2) is 0 Å². The Hall–Kier alpha value is -2.27. The molecular weight excluding hydrogens is 296 g/mol. The summed E-state index contributed by atoms with van der Waals surface area (Å²) >= 11 is 1.53. The molecule has 0 amide bonds. The van der Waals surface area contributed by atoms with Gasteiger partial charge in [-0.05, 0) is 24.6 Å². The fourth-order valence-corrected chi connectivity index (χ4v) is 2.69. The zero-order valence-corrected chi connectivity index (χ0v) is 13.0. The molecule has 0 fully saturated rings. The lowest BCUT2D eigenvalue weighted by Crippen LogP contribution is -1.95. The molecule has 5 heteroatoms. The van der Waals surface area contributed by atoms with Crippen molar-refractivity contribution in [3.8, 4) is 5.75 Å². The number of nitrogens with zero attached hydrogens (tertiary/aromatic N) is 2. The Morgan fingerprint density at radius 1 is 1.05 bits per heavy atom. The summed E-state index contributed by atoms with van der Waals surface area (Å²) in [5.41, 5.74) is 2.49. The number of hydrogen-bond donors (Lipinski definition) is 0. The zero-order chi connectivity index (χ0) is 15.2. The van der Waals surface area contributed by atoms with Crippen molar-refractivity contribution in [3.63, 3.8) is 0 Å². The number of hydrogen-bond acceptors (Lipinski definition) is 5. The number of benzene rings is 2. The van der Waals surface area contributed by atoms with E-state index in [4.69, 9.17) is 9.15 Å². The highest BCUT2D eigenvalue weighted by Crippen LogP contribution is 2.22. The molecule has 0 aliphatic rings. The molecule has 0 bridgehead atoms. The van der Waals surface area contributed by atoms with Gasteiger partial charge in [0.25, 0.3) is 11.1 Å². The lowest BCUT2D eigenvalue weighted by molar-refractivity contribution is 0.252. The highest BCUT2D eigenvalue weighted by molar-refractivity contribution is 7.98. The average molecular weight is 312 g/mol. The van der Waals surface area contributed by atoms with Crippen LogP contribution in [0.5, 0.6) is 5.75 Å². The first-order valence-electron chi connectivity index (χ1n) is 6.98. The summed E-state index contributed by atoms with van der Waals surface area (Å²) in [7, 11) is 0. The van der Waals surface area contributed by atoms with Gasteiger partial charge < -0.3 is 9.15 Å². The Morgan fingerprint density at radius 3 is 2.73 bits per heavy atom. The molecule has 0 unspecified atom stereocenters. The van der Waals surface area contributed by atoms with E-state index in [-0.39, 0.29) is 6.61 Å². The van der Waals surface area contributed by atoms with Crippen LogP contribution in [0.25, 0.3) is 0 Å². The molecule has 0 atom stereocenters. The topological polar surface area (TPSA) is 48.2 Å². The smallest absolute Gasteiger partial charge is 0.277 e. The number of ether oxygens (including phenoxy) is 1.